The summed E-state index contributed by atoms with van der Waals surface area (Å²) in [6.45, 7) is -3.21. The maximum atomic E-state index is 12.4. The molecule has 6 heteroatoms. The van der Waals surface area contributed by atoms with Gasteiger partial charge in [-0.15, -0.1) is 0 Å². The lowest BCUT2D eigenvalue weighted by molar-refractivity contribution is -0.118. The Bertz CT molecular complexity index is 883. The van der Waals surface area contributed by atoms with Crippen LogP contribution in [-0.2, 0) is 4.79 Å². The van der Waals surface area contributed by atoms with E-state index in [0.29, 0.717) is 5.75 Å². The number of para-hydroxylation sites is 2. The smallest absolute Gasteiger partial charge is 0.387 e. The van der Waals surface area contributed by atoms with Crippen LogP contribution in [0.2, 0.25) is 0 Å². The first-order valence-corrected chi connectivity index (χ1v) is 7.57. The number of amides is 1. The van der Waals surface area contributed by atoms with Crippen LogP contribution in [0.15, 0.2) is 66.7 Å². The lowest BCUT2D eigenvalue weighted by atomic mass is 10.1. The quantitative estimate of drug-likeness (QED) is 0.719. The zero-order valence-corrected chi connectivity index (χ0v) is 13.1. The molecule has 0 atom stereocenters. The van der Waals surface area contributed by atoms with E-state index in [0.717, 1.165) is 10.8 Å². The van der Waals surface area contributed by atoms with Crippen molar-refractivity contribution in [1.29, 1.82) is 0 Å². The van der Waals surface area contributed by atoms with E-state index in [9.17, 15) is 13.6 Å². The van der Waals surface area contributed by atoms with Gasteiger partial charge in [0.05, 0.1) is 5.69 Å². The molecule has 0 saturated heterocycles. The normalized spacial score (nSPS) is 10.7. The fourth-order valence-corrected chi connectivity index (χ4v) is 2.36. The second-order valence-corrected chi connectivity index (χ2v) is 5.22. The Balaban J connectivity index is 1.63. The summed E-state index contributed by atoms with van der Waals surface area (Å²) in [5.41, 5.74) is 0.162. The van der Waals surface area contributed by atoms with Gasteiger partial charge in [-0.05, 0) is 35.0 Å². The molecule has 0 heterocycles. The van der Waals surface area contributed by atoms with E-state index in [-0.39, 0.29) is 18.0 Å². The number of alkyl halides is 2. The third-order valence-corrected chi connectivity index (χ3v) is 3.47. The number of halogens is 2. The molecule has 0 fully saturated rings. The van der Waals surface area contributed by atoms with Crippen molar-refractivity contribution in [2.75, 3.05) is 11.9 Å². The van der Waals surface area contributed by atoms with E-state index in [1.807, 2.05) is 36.4 Å². The zero-order valence-electron chi connectivity index (χ0n) is 13.1. The van der Waals surface area contributed by atoms with E-state index < -0.39 is 12.5 Å². The summed E-state index contributed by atoms with van der Waals surface area (Å²) in [5.74, 6) is -0.0269. The van der Waals surface area contributed by atoms with Gasteiger partial charge in [-0.3, -0.25) is 4.79 Å². The van der Waals surface area contributed by atoms with Crippen LogP contribution in [0.5, 0.6) is 11.5 Å². The number of hydrogen-bond acceptors (Lipinski definition) is 3. The van der Waals surface area contributed by atoms with Gasteiger partial charge in [-0.2, -0.15) is 8.78 Å². The molecule has 0 saturated carbocycles. The van der Waals surface area contributed by atoms with Crippen LogP contribution in [-0.4, -0.2) is 19.1 Å². The largest absolute Gasteiger partial charge is 0.484 e. The van der Waals surface area contributed by atoms with Crippen LogP contribution in [0.4, 0.5) is 14.5 Å². The number of carbonyl (C=O) groups excluding carboxylic acids is 1. The minimum absolute atomic E-state index is 0.100. The molecule has 4 nitrogen and oxygen atoms in total. The second kappa shape index (κ2) is 7.61. The molecule has 1 amide bonds. The first kappa shape index (κ1) is 16.7. The van der Waals surface area contributed by atoms with Crippen LogP contribution in [0, 0.1) is 0 Å². The van der Waals surface area contributed by atoms with Crippen molar-refractivity contribution in [3.63, 3.8) is 0 Å². The van der Waals surface area contributed by atoms with Crippen LogP contribution in [0.3, 0.4) is 0 Å². The number of hydrogen-bond donors (Lipinski definition) is 1. The van der Waals surface area contributed by atoms with Crippen molar-refractivity contribution in [2.24, 2.45) is 0 Å². The predicted molar refractivity (Wildman–Crippen MR) is 91.1 cm³/mol. The molecule has 3 aromatic rings. The molecule has 0 radical (unpaired) electrons. The van der Waals surface area contributed by atoms with Crippen molar-refractivity contribution in [3.8, 4) is 11.5 Å². The Morgan fingerprint density at radius 3 is 2.48 bits per heavy atom. The summed E-state index contributed by atoms with van der Waals surface area (Å²) >= 11 is 0. The molecule has 0 bridgehead atoms. The maximum absolute atomic E-state index is 12.4. The molecule has 0 aliphatic heterocycles. The third-order valence-electron chi connectivity index (χ3n) is 3.47. The summed E-state index contributed by atoms with van der Waals surface area (Å²) in [7, 11) is 0. The van der Waals surface area contributed by atoms with Gasteiger partial charge in [0.15, 0.2) is 6.61 Å². The number of anilines is 1. The average Bonchev–Trinajstić information content (AvgIpc) is 2.61. The van der Waals surface area contributed by atoms with E-state index in [2.05, 4.69) is 10.1 Å². The SMILES string of the molecule is O=C(COc1ccc2ccccc2c1)Nc1ccccc1OC(F)F. The molecule has 25 heavy (non-hydrogen) atoms. The van der Waals surface area contributed by atoms with Crippen LogP contribution in [0.25, 0.3) is 10.8 Å². The molecule has 0 aliphatic carbocycles. The van der Waals surface area contributed by atoms with Crippen molar-refractivity contribution < 1.29 is 23.0 Å². The molecule has 128 valence electrons. The highest BCUT2D eigenvalue weighted by Gasteiger charge is 2.12. The highest BCUT2D eigenvalue weighted by Crippen LogP contribution is 2.25. The number of nitrogens with one attached hydrogen (secondary N) is 1. The summed E-state index contributed by atoms with van der Waals surface area (Å²) in [6.07, 6.45) is 0. The van der Waals surface area contributed by atoms with Gasteiger partial charge in [0.25, 0.3) is 5.91 Å². The standard InChI is InChI=1S/C19H15F2NO3/c20-19(21)25-17-8-4-3-7-16(17)22-18(23)12-24-15-10-9-13-5-1-2-6-14(13)11-15/h1-11,19H,12H2,(H,22,23). The fourth-order valence-electron chi connectivity index (χ4n) is 2.36. The topological polar surface area (TPSA) is 47.6 Å². The molecule has 0 aromatic heterocycles. The molecule has 3 aromatic carbocycles. The lowest BCUT2D eigenvalue weighted by Gasteiger charge is -2.12. The van der Waals surface area contributed by atoms with Crippen molar-refractivity contribution in [1.82, 2.24) is 0 Å². The van der Waals surface area contributed by atoms with E-state index in [4.69, 9.17) is 4.74 Å². The van der Waals surface area contributed by atoms with Crippen molar-refractivity contribution in [3.05, 3.63) is 66.7 Å². The second-order valence-electron chi connectivity index (χ2n) is 5.22. The van der Waals surface area contributed by atoms with Gasteiger partial charge in [-0.1, -0.05) is 42.5 Å². The van der Waals surface area contributed by atoms with E-state index in [1.165, 1.54) is 12.1 Å². The minimum Gasteiger partial charge on any atom is -0.484 e. The summed E-state index contributed by atoms with van der Waals surface area (Å²) in [5, 5.41) is 4.56. The Morgan fingerprint density at radius 1 is 0.960 bits per heavy atom. The molecule has 3 rings (SSSR count). The summed E-state index contributed by atoms with van der Waals surface area (Å²) in [4.78, 5) is 12.0. The van der Waals surface area contributed by atoms with Crippen LogP contribution >= 0.6 is 0 Å². The number of rotatable bonds is 6. The van der Waals surface area contributed by atoms with Crippen molar-refractivity contribution >= 4 is 22.4 Å². The number of fused-ring (bicyclic) bond motifs is 1. The number of ether oxygens (including phenoxy) is 2. The van der Waals surface area contributed by atoms with Gasteiger partial charge >= 0.3 is 6.61 Å². The van der Waals surface area contributed by atoms with Gasteiger partial charge in [0.1, 0.15) is 11.5 Å². The molecule has 0 spiro atoms. The van der Waals surface area contributed by atoms with Crippen LogP contribution in [0.1, 0.15) is 0 Å². The highest BCUT2D eigenvalue weighted by molar-refractivity contribution is 5.93. The Kier molecular flexibility index (Phi) is 5.09. The van der Waals surface area contributed by atoms with Crippen LogP contribution < -0.4 is 14.8 Å². The Labute approximate surface area is 143 Å². The minimum atomic E-state index is -2.97. The Hall–Kier alpha value is -3.15. The molecular formula is C19H15F2NO3. The number of benzene rings is 3. The molecular weight excluding hydrogens is 328 g/mol. The van der Waals surface area contributed by atoms with E-state index >= 15 is 0 Å². The van der Waals surface area contributed by atoms with Gasteiger partial charge in [-0.25, -0.2) is 0 Å². The first-order chi connectivity index (χ1) is 12.1. The fraction of sp³-hybridized carbons (Fsp3) is 0.105. The average molecular weight is 343 g/mol. The van der Waals surface area contributed by atoms with Gasteiger partial charge < -0.3 is 14.8 Å². The third kappa shape index (κ3) is 4.44. The maximum Gasteiger partial charge on any atom is 0.387 e. The Morgan fingerprint density at radius 2 is 1.68 bits per heavy atom. The van der Waals surface area contributed by atoms with Gasteiger partial charge in [0.2, 0.25) is 0 Å². The molecule has 0 unspecified atom stereocenters. The summed E-state index contributed by atoms with van der Waals surface area (Å²) in [6, 6.07) is 19.3. The molecule has 0 aliphatic rings. The zero-order chi connectivity index (χ0) is 17.6. The summed E-state index contributed by atoms with van der Waals surface area (Å²) < 4.78 is 34.6. The predicted octanol–water partition coefficient (Wildman–Crippen LogP) is 4.46. The monoisotopic (exact) mass is 343 g/mol. The first-order valence-electron chi connectivity index (χ1n) is 7.57. The van der Waals surface area contributed by atoms with E-state index in [1.54, 1.807) is 18.2 Å². The van der Waals surface area contributed by atoms with Crippen molar-refractivity contribution in [2.45, 2.75) is 6.61 Å². The molecule has 1 N–H and O–H groups in total. The lowest BCUT2D eigenvalue weighted by Crippen LogP contribution is -2.20. The number of carbonyl (C=O) groups is 1. The highest BCUT2D eigenvalue weighted by atomic mass is 19.3. The van der Waals surface area contributed by atoms with Gasteiger partial charge in [0, 0.05) is 0 Å².